The van der Waals surface area contributed by atoms with E-state index in [1.54, 1.807) is 22.8 Å². The summed E-state index contributed by atoms with van der Waals surface area (Å²) >= 11 is 0. The SMILES string of the molecule is CN(Cc1cccc(-n2cccn2)c1)C(=O)c1ccc(=O)n(C)n1. The van der Waals surface area contributed by atoms with Crippen LogP contribution in [0.1, 0.15) is 16.1 Å². The van der Waals surface area contributed by atoms with E-state index in [9.17, 15) is 9.59 Å². The van der Waals surface area contributed by atoms with Gasteiger partial charge in [-0.1, -0.05) is 12.1 Å². The average Bonchev–Trinajstić information content (AvgIpc) is 3.11. The Morgan fingerprint density at radius 2 is 2.04 bits per heavy atom. The van der Waals surface area contributed by atoms with Crippen LogP contribution < -0.4 is 5.56 Å². The predicted octanol–water partition coefficient (Wildman–Crippen LogP) is 1.24. The molecule has 0 spiro atoms. The van der Waals surface area contributed by atoms with Crippen molar-refractivity contribution in [2.24, 2.45) is 7.05 Å². The van der Waals surface area contributed by atoms with Crippen molar-refractivity contribution in [2.45, 2.75) is 6.54 Å². The lowest BCUT2D eigenvalue weighted by atomic mass is 10.2. The number of benzene rings is 1. The largest absolute Gasteiger partial charge is 0.336 e. The lowest BCUT2D eigenvalue weighted by Crippen LogP contribution is -2.30. The zero-order chi connectivity index (χ0) is 17.1. The Morgan fingerprint density at radius 3 is 2.75 bits per heavy atom. The molecule has 0 bridgehead atoms. The molecule has 0 aliphatic heterocycles. The summed E-state index contributed by atoms with van der Waals surface area (Å²) in [5, 5.41) is 8.19. The highest BCUT2D eigenvalue weighted by molar-refractivity contribution is 5.91. The van der Waals surface area contributed by atoms with Crippen LogP contribution in [-0.2, 0) is 13.6 Å². The number of hydrogen-bond donors (Lipinski definition) is 0. The van der Waals surface area contributed by atoms with Gasteiger partial charge >= 0.3 is 0 Å². The highest BCUT2D eigenvalue weighted by Crippen LogP contribution is 2.12. The van der Waals surface area contributed by atoms with E-state index >= 15 is 0 Å². The molecule has 3 rings (SSSR count). The number of nitrogens with zero attached hydrogens (tertiary/aromatic N) is 5. The standard InChI is InChI=1S/C17H17N5O2/c1-20(17(24)15-7-8-16(23)21(2)19-15)12-13-5-3-6-14(11-13)22-10-4-9-18-22/h3-11H,12H2,1-2H3. The van der Waals surface area contributed by atoms with E-state index in [1.807, 2.05) is 36.5 Å². The van der Waals surface area contributed by atoms with Crippen molar-refractivity contribution in [3.05, 3.63) is 76.5 Å². The number of aryl methyl sites for hydroxylation is 1. The maximum Gasteiger partial charge on any atom is 0.274 e. The number of carbonyl (C=O) groups is 1. The molecule has 7 nitrogen and oxygen atoms in total. The third-order valence-electron chi connectivity index (χ3n) is 3.63. The van der Waals surface area contributed by atoms with Gasteiger partial charge in [0.2, 0.25) is 0 Å². The molecule has 0 saturated heterocycles. The van der Waals surface area contributed by atoms with Gasteiger partial charge in [-0.05, 0) is 29.8 Å². The Hall–Kier alpha value is -3.22. The first-order chi connectivity index (χ1) is 11.5. The summed E-state index contributed by atoms with van der Waals surface area (Å²) < 4.78 is 2.92. The van der Waals surface area contributed by atoms with Crippen LogP contribution in [0, 0.1) is 0 Å². The molecule has 0 radical (unpaired) electrons. The van der Waals surface area contributed by atoms with E-state index < -0.39 is 0 Å². The fraction of sp³-hybridized carbons (Fsp3) is 0.176. The van der Waals surface area contributed by atoms with Crippen molar-refractivity contribution in [1.29, 1.82) is 0 Å². The van der Waals surface area contributed by atoms with Crippen LogP contribution in [0.2, 0.25) is 0 Å². The van der Waals surface area contributed by atoms with E-state index in [4.69, 9.17) is 0 Å². The van der Waals surface area contributed by atoms with Gasteiger partial charge < -0.3 is 4.90 Å². The summed E-state index contributed by atoms with van der Waals surface area (Å²) in [5.74, 6) is -0.241. The molecule has 1 amide bonds. The lowest BCUT2D eigenvalue weighted by molar-refractivity contribution is 0.0776. The van der Waals surface area contributed by atoms with E-state index in [0.717, 1.165) is 15.9 Å². The Morgan fingerprint density at radius 1 is 1.21 bits per heavy atom. The van der Waals surface area contributed by atoms with Crippen LogP contribution in [0.25, 0.3) is 5.69 Å². The molecule has 122 valence electrons. The number of aromatic nitrogens is 4. The molecule has 0 N–H and O–H groups in total. The molecule has 0 aliphatic rings. The monoisotopic (exact) mass is 323 g/mol. The van der Waals surface area contributed by atoms with E-state index in [2.05, 4.69) is 10.2 Å². The van der Waals surface area contributed by atoms with Gasteiger partial charge in [0.15, 0.2) is 0 Å². The second-order valence-corrected chi connectivity index (χ2v) is 5.46. The number of carbonyl (C=O) groups excluding carboxylic acids is 1. The van der Waals surface area contributed by atoms with E-state index in [-0.39, 0.29) is 17.2 Å². The van der Waals surface area contributed by atoms with Gasteiger partial charge in [-0.15, -0.1) is 0 Å². The third kappa shape index (κ3) is 3.24. The number of hydrogen-bond acceptors (Lipinski definition) is 4. The van der Waals surface area contributed by atoms with Crippen molar-refractivity contribution in [3.63, 3.8) is 0 Å². The average molecular weight is 323 g/mol. The summed E-state index contributed by atoms with van der Waals surface area (Å²) in [7, 11) is 3.22. The Kier molecular flexibility index (Phi) is 4.24. The fourth-order valence-corrected chi connectivity index (χ4v) is 2.38. The molecule has 24 heavy (non-hydrogen) atoms. The third-order valence-corrected chi connectivity index (χ3v) is 3.63. The topological polar surface area (TPSA) is 73.0 Å². The highest BCUT2D eigenvalue weighted by Gasteiger charge is 2.14. The summed E-state index contributed by atoms with van der Waals surface area (Å²) in [6.45, 7) is 0.429. The Balaban J connectivity index is 1.78. The summed E-state index contributed by atoms with van der Waals surface area (Å²) in [5.41, 5.74) is 1.89. The van der Waals surface area contributed by atoms with E-state index in [0.29, 0.717) is 6.54 Å². The molecular weight excluding hydrogens is 306 g/mol. The van der Waals surface area contributed by atoms with Crippen LogP contribution in [0.5, 0.6) is 0 Å². The van der Waals surface area contributed by atoms with E-state index in [1.165, 1.54) is 19.2 Å². The van der Waals surface area contributed by atoms with Crippen LogP contribution >= 0.6 is 0 Å². The molecule has 0 unspecified atom stereocenters. The van der Waals surface area contributed by atoms with Crippen LogP contribution in [0.4, 0.5) is 0 Å². The second kappa shape index (κ2) is 6.49. The fourth-order valence-electron chi connectivity index (χ4n) is 2.38. The zero-order valence-corrected chi connectivity index (χ0v) is 13.5. The van der Waals surface area contributed by atoms with Gasteiger partial charge in [-0.25, -0.2) is 9.36 Å². The van der Waals surface area contributed by atoms with Crippen LogP contribution in [0.3, 0.4) is 0 Å². The number of rotatable bonds is 4. The first-order valence-electron chi connectivity index (χ1n) is 7.43. The molecule has 0 aliphatic carbocycles. The van der Waals surface area contributed by atoms with Gasteiger partial charge in [0.05, 0.1) is 5.69 Å². The van der Waals surface area contributed by atoms with Gasteiger partial charge in [-0.2, -0.15) is 10.2 Å². The Labute approximate surface area is 138 Å². The zero-order valence-electron chi connectivity index (χ0n) is 13.5. The molecule has 7 heteroatoms. The minimum Gasteiger partial charge on any atom is -0.336 e. The van der Waals surface area contributed by atoms with Crippen molar-refractivity contribution < 1.29 is 4.79 Å². The molecular formula is C17H17N5O2. The van der Waals surface area contributed by atoms with Crippen molar-refractivity contribution in [1.82, 2.24) is 24.5 Å². The highest BCUT2D eigenvalue weighted by atomic mass is 16.2. The summed E-state index contributed by atoms with van der Waals surface area (Å²) in [6.07, 6.45) is 3.58. The normalized spacial score (nSPS) is 10.6. The van der Waals surface area contributed by atoms with Crippen molar-refractivity contribution in [3.8, 4) is 5.69 Å². The molecule has 0 saturated carbocycles. The maximum atomic E-state index is 12.5. The molecule has 2 heterocycles. The summed E-state index contributed by atoms with van der Waals surface area (Å²) in [4.78, 5) is 25.4. The Bertz CT molecular complexity index is 915. The lowest BCUT2D eigenvalue weighted by Gasteiger charge is -2.17. The molecule has 0 fully saturated rings. The van der Waals surface area contributed by atoms with Crippen molar-refractivity contribution in [2.75, 3.05) is 7.05 Å². The molecule has 2 aromatic heterocycles. The minimum absolute atomic E-state index is 0.239. The molecule has 1 aromatic carbocycles. The number of amides is 1. The first-order valence-corrected chi connectivity index (χ1v) is 7.43. The second-order valence-electron chi connectivity index (χ2n) is 5.46. The smallest absolute Gasteiger partial charge is 0.274 e. The maximum absolute atomic E-state index is 12.5. The van der Waals surface area contributed by atoms with Crippen LogP contribution in [0.15, 0.2) is 59.7 Å². The predicted molar refractivity (Wildman–Crippen MR) is 88.8 cm³/mol. The summed E-state index contributed by atoms with van der Waals surface area (Å²) in [6, 6.07) is 12.4. The molecule has 0 atom stereocenters. The van der Waals surface area contributed by atoms with Gasteiger partial charge in [0, 0.05) is 39.1 Å². The van der Waals surface area contributed by atoms with Gasteiger partial charge in [0.25, 0.3) is 11.5 Å². The van der Waals surface area contributed by atoms with Crippen molar-refractivity contribution >= 4 is 5.91 Å². The quantitative estimate of drug-likeness (QED) is 0.724. The van der Waals surface area contributed by atoms with Gasteiger partial charge in [0.1, 0.15) is 5.69 Å². The first kappa shape index (κ1) is 15.7. The molecule has 3 aromatic rings. The van der Waals surface area contributed by atoms with Gasteiger partial charge in [-0.3, -0.25) is 9.59 Å². The van der Waals surface area contributed by atoms with Crippen LogP contribution in [-0.4, -0.2) is 37.4 Å². The minimum atomic E-state index is -0.249.